The third-order valence-electron chi connectivity index (χ3n) is 3.58. The van der Waals surface area contributed by atoms with Gasteiger partial charge < -0.3 is 15.2 Å². The van der Waals surface area contributed by atoms with Crippen LogP contribution in [0.1, 0.15) is 16.5 Å². The third kappa shape index (κ3) is 4.17. The Balaban J connectivity index is 1.52. The number of nitrogens with one attached hydrogen (secondary N) is 1. The predicted molar refractivity (Wildman–Crippen MR) is 95.0 cm³/mol. The number of hydrogen-bond donors (Lipinski definition) is 2. The first-order valence-corrected chi connectivity index (χ1v) is 8.47. The van der Waals surface area contributed by atoms with Crippen LogP contribution in [-0.2, 0) is 6.54 Å². The molecule has 3 rings (SSSR count). The molecule has 6 heteroatoms. The Morgan fingerprint density at radius 2 is 2.00 bits per heavy atom. The Bertz CT molecular complexity index is 759. The van der Waals surface area contributed by atoms with Crippen LogP contribution >= 0.6 is 11.3 Å². The molecule has 0 aliphatic rings. The molecule has 2 aromatic heterocycles. The summed E-state index contributed by atoms with van der Waals surface area (Å²) in [6.45, 7) is 1.14. The van der Waals surface area contributed by atoms with E-state index in [0.717, 1.165) is 26.9 Å². The zero-order valence-electron chi connectivity index (χ0n) is 13.3. The Morgan fingerprint density at radius 3 is 2.71 bits per heavy atom. The molecule has 0 aliphatic heterocycles. The molecule has 3 aromatic rings. The van der Waals surface area contributed by atoms with Crippen LogP contribution in [0.3, 0.4) is 0 Å². The van der Waals surface area contributed by atoms with E-state index in [-0.39, 0.29) is 0 Å². The fourth-order valence-electron chi connectivity index (χ4n) is 2.27. The van der Waals surface area contributed by atoms with Crippen LogP contribution in [0.4, 0.5) is 0 Å². The van der Waals surface area contributed by atoms with Crippen molar-refractivity contribution in [3.63, 3.8) is 0 Å². The summed E-state index contributed by atoms with van der Waals surface area (Å²) >= 11 is 1.60. The second kappa shape index (κ2) is 8.01. The summed E-state index contributed by atoms with van der Waals surface area (Å²) in [5.41, 5.74) is 1.74. The Morgan fingerprint density at radius 1 is 1.17 bits per heavy atom. The van der Waals surface area contributed by atoms with Crippen LogP contribution in [0, 0.1) is 0 Å². The van der Waals surface area contributed by atoms with E-state index in [1.807, 2.05) is 48.7 Å². The monoisotopic (exact) mass is 341 g/mol. The maximum absolute atomic E-state index is 10.2. The number of benzene rings is 1. The minimum atomic E-state index is -0.556. The number of rotatable bonds is 7. The molecule has 0 aliphatic carbocycles. The molecule has 0 radical (unpaired) electrons. The number of aliphatic hydroxyl groups excluding tert-OH is 1. The number of ether oxygens (including phenoxy) is 1. The molecular formula is C18H19N3O2S. The van der Waals surface area contributed by atoms with Gasteiger partial charge in [-0.2, -0.15) is 0 Å². The molecule has 0 spiro atoms. The van der Waals surface area contributed by atoms with E-state index in [4.69, 9.17) is 4.74 Å². The maximum Gasteiger partial charge on any atom is 0.142 e. The molecule has 124 valence electrons. The fourth-order valence-corrected chi connectivity index (χ4v) is 3.13. The summed E-state index contributed by atoms with van der Waals surface area (Å²) < 4.78 is 5.12. The summed E-state index contributed by atoms with van der Waals surface area (Å²) in [6, 6.07) is 13.2. The quantitative estimate of drug-likeness (QED) is 0.691. The number of nitrogens with zero attached hydrogens (tertiary/aromatic N) is 2. The van der Waals surface area contributed by atoms with Crippen LogP contribution in [0.15, 0.2) is 54.9 Å². The summed E-state index contributed by atoms with van der Waals surface area (Å²) in [4.78, 5) is 9.81. The molecule has 0 bridgehead atoms. The molecule has 1 unspecified atom stereocenters. The second-order valence-corrected chi connectivity index (χ2v) is 6.38. The predicted octanol–water partition coefficient (Wildman–Crippen LogP) is 3.04. The number of pyridine rings is 1. The van der Waals surface area contributed by atoms with Gasteiger partial charge in [-0.3, -0.25) is 4.98 Å². The van der Waals surface area contributed by atoms with E-state index in [1.165, 1.54) is 0 Å². The van der Waals surface area contributed by atoms with Crippen molar-refractivity contribution in [2.45, 2.75) is 12.6 Å². The highest BCUT2D eigenvalue weighted by Crippen LogP contribution is 2.23. The standard InChI is InChI=1S/C18H19N3O2S/c1-23-14-7-5-13(6-8-14)17(22)12-19-10-15-11-21-18(24-15)16-4-2-3-9-20-16/h2-9,11,17,19,22H,10,12H2,1H3. The van der Waals surface area contributed by atoms with Crippen molar-refractivity contribution < 1.29 is 9.84 Å². The fraction of sp³-hybridized carbons (Fsp3) is 0.222. The molecule has 0 saturated heterocycles. The largest absolute Gasteiger partial charge is 0.497 e. The molecule has 2 N–H and O–H groups in total. The Hall–Kier alpha value is -2.28. The zero-order chi connectivity index (χ0) is 16.8. The number of methoxy groups -OCH3 is 1. The van der Waals surface area contributed by atoms with E-state index in [9.17, 15) is 5.11 Å². The number of thiazole rings is 1. The van der Waals surface area contributed by atoms with Gasteiger partial charge in [0.1, 0.15) is 10.8 Å². The normalized spacial score (nSPS) is 12.1. The van der Waals surface area contributed by atoms with Crippen molar-refractivity contribution in [3.8, 4) is 16.5 Å². The summed E-state index contributed by atoms with van der Waals surface area (Å²) in [6.07, 6.45) is 3.06. The van der Waals surface area contributed by atoms with E-state index in [2.05, 4.69) is 15.3 Å². The average molecular weight is 341 g/mol. The maximum atomic E-state index is 10.2. The van der Waals surface area contributed by atoms with E-state index in [0.29, 0.717) is 13.1 Å². The van der Waals surface area contributed by atoms with Crippen LogP contribution < -0.4 is 10.1 Å². The van der Waals surface area contributed by atoms with Crippen molar-refractivity contribution in [2.75, 3.05) is 13.7 Å². The third-order valence-corrected chi connectivity index (χ3v) is 4.59. The van der Waals surface area contributed by atoms with Gasteiger partial charge in [-0.25, -0.2) is 4.98 Å². The lowest BCUT2D eigenvalue weighted by Crippen LogP contribution is -2.20. The number of aromatic nitrogens is 2. The van der Waals surface area contributed by atoms with Crippen molar-refractivity contribution >= 4 is 11.3 Å². The van der Waals surface area contributed by atoms with Crippen molar-refractivity contribution in [2.24, 2.45) is 0 Å². The molecule has 0 amide bonds. The highest BCUT2D eigenvalue weighted by atomic mass is 32.1. The first-order chi connectivity index (χ1) is 11.8. The Kier molecular flexibility index (Phi) is 5.53. The zero-order valence-corrected chi connectivity index (χ0v) is 14.2. The van der Waals surface area contributed by atoms with Gasteiger partial charge in [0.05, 0.1) is 18.9 Å². The summed E-state index contributed by atoms with van der Waals surface area (Å²) in [5, 5.41) is 14.4. The molecular weight excluding hydrogens is 322 g/mol. The molecule has 1 atom stereocenters. The van der Waals surface area contributed by atoms with E-state index < -0.39 is 6.10 Å². The summed E-state index contributed by atoms with van der Waals surface area (Å²) in [7, 11) is 1.63. The molecule has 24 heavy (non-hydrogen) atoms. The van der Waals surface area contributed by atoms with Gasteiger partial charge in [-0.15, -0.1) is 11.3 Å². The van der Waals surface area contributed by atoms with Gasteiger partial charge in [0.15, 0.2) is 0 Å². The van der Waals surface area contributed by atoms with Crippen LogP contribution in [0.5, 0.6) is 5.75 Å². The van der Waals surface area contributed by atoms with Crippen LogP contribution in [0.2, 0.25) is 0 Å². The first-order valence-electron chi connectivity index (χ1n) is 7.65. The van der Waals surface area contributed by atoms with Crippen molar-refractivity contribution in [1.82, 2.24) is 15.3 Å². The average Bonchev–Trinajstić information content (AvgIpc) is 3.11. The van der Waals surface area contributed by atoms with Crippen LogP contribution in [0.25, 0.3) is 10.7 Å². The minimum absolute atomic E-state index is 0.475. The number of aliphatic hydroxyl groups is 1. The van der Waals surface area contributed by atoms with Crippen LogP contribution in [-0.4, -0.2) is 28.7 Å². The lowest BCUT2D eigenvalue weighted by Gasteiger charge is -2.12. The highest BCUT2D eigenvalue weighted by Gasteiger charge is 2.09. The van der Waals surface area contributed by atoms with E-state index in [1.54, 1.807) is 24.6 Å². The smallest absolute Gasteiger partial charge is 0.142 e. The van der Waals surface area contributed by atoms with Gasteiger partial charge in [-0.1, -0.05) is 18.2 Å². The van der Waals surface area contributed by atoms with Gasteiger partial charge in [-0.05, 0) is 29.8 Å². The van der Waals surface area contributed by atoms with Gasteiger partial charge >= 0.3 is 0 Å². The van der Waals surface area contributed by atoms with Gasteiger partial charge in [0, 0.05) is 30.4 Å². The first kappa shape index (κ1) is 16.6. The van der Waals surface area contributed by atoms with E-state index >= 15 is 0 Å². The Labute approximate surface area is 145 Å². The van der Waals surface area contributed by atoms with Gasteiger partial charge in [0.25, 0.3) is 0 Å². The van der Waals surface area contributed by atoms with Crippen molar-refractivity contribution in [3.05, 3.63) is 65.3 Å². The molecule has 1 aromatic carbocycles. The SMILES string of the molecule is COc1ccc(C(O)CNCc2cnc(-c3ccccn3)s2)cc1. The molecule has 0 saturated carbocycles. The minimum Gasteiger partial charge on any atom is -0.497 e. The molecule has 5 nitrogen and oxygen atoms in total. The highest BCUT2D eigenvalue weighted by molar-refractivity contribution is 7.14. The lowest BCUT2D eigenvalue weighted by atomic mass is 10.1. The molecule has 0 fully saturated rings. The van der Waals surface area contributed by atoms with Gasteiger partial charge in [0.2, 0.25) is 0 Å². The number of hydrogen-bond acceptors (Lipinski definition) is 6. The van der Waals surface area contributed by atoms with Crippen molar-refractivity contribution in [1.29, 1.82) is 0 Å². The second-order valence-electron chi connectivity index (χ2n) is 5.27. The molecule has 2 heterocycles. The lowest BCUT2D eigenvalue weighted by molar-refractivity contribution is 0.174. The topological polar surface area (TPSA) is 67.3 Å². The summed E-state index contributed by atoms with van der Waals surface area (Å²) in [5.74, 6) is 0.783.